The normalized spacial score (nSPS) is 11.9. The van der Waals surface area contributed by atoms with Crippen molar-refractivity contribution in [1.29, 1.82) is 0 Å². The Labute approximate surface area is 162 Å². The van der Waals surface area contributed by atoms with Crippen LogP contribution in [0.25, 0.3) is 0 Å². The maximum atomic E-state index is 12.3. The van der Waals surface area contributed by atoms with E-state index in [-0.39, 0.29) is 11.9 Å². The number of hydrogen-bond donors (Lipinski definition) is 2. The summed E-state index contributed by atoms with van der Waals surface area (Å²) in [4.78, 5) is 17.5. The minimum atomic E-state index is -0.105. The number of quaternary nitrogens is 1. The van der Waals surface area contributed by atoms with Gasteiger partial charge in [0.05, 0.1) is 10.6 Å². The van der Waals surface area contributed by atoms with Crippen LogP contribution in [0.3, 0.4) is 0 Å². The average Bonchev–Trinajstić information content (AvgIpc) is 3.19. The number of carbonyl (C=O) groups is 1. The molecule has 2 aromatic heterocycles. The van der Waals surface area contributed by atoms with E-state index in [1.165, 1.54) is 16.0 Å². The molecule has 0 saturated carbocycles. The van der Waals surface area contributed by atoms with Crippen LogP contribution in [0.4, 0.5) is 5.69 Å². The van der Waals surface area contributed by atoms with Crippen LogP contribution < -0.4 is 10.6 Å². The maximum Gasteiger partial charge on any atom is 0.279 e. The summed E-state index contributed by atoms with van der Waals surface area (Å²) in [5.74, 6) is -0.105. The van der Waals surface area contributed by atoms with E-state index in [1.807, 2.05) is 11.4 Å². The van der Waals surface area contributed by atoms with Crippen LogP contribution in [0.1, 0.15) is 29.0 Å². The molecule has 3 N–H and O–H groups in total. The second-order valence-corrected chi connectivity index (χ2v) is 7.26. The highest BCUT2D eigenvalue weighted by atomic mass is 35.5. The molecule has 3 rings (SSSR count). The number of amides is 1. The molecule has 26 heavy (non-hydrogen) atoms. The van der Waals surface area contributed by atoms with E-state index in [0.717, 1.165) is 6.42 Å². The van der Waals surface area contributed by atoms with Crippen molar-refractivity contribution in [3.05, 3.63) is 81.3 Å². The summed E-state index contributed by atoms with van der Waals surface area (Å²) in [7, 11) is 0. The average molecular weight is 387 g/mol. The first kappa shape index (κ1) is 18.6. The largest absolute Gasteiger partial charge is 0.328 e. The molecule has 1 atom stereocenters. The van der Waals surface area contributed by atoms with Crippen molar-refractivity contribution in [3.8, 4) is 0 Å². The van der Waals surface area contributed by atoms with Gasteiger partial charge in [0.15, 0.2) is 11.7 Å². The van der Waals surface area contributed by atoms with Gasteiger partial charge >= 0.3 is 0 Å². The number of nitrogens with two attached hydrogens (primary N) is 1. The summed E-state index contributed by atoms with van der Waals surface area (Å²) in [6.45, 7) is 2.44. The number of nitrogens with zero attached hydrogens (tertiary/aromatic N) is 1. The zero-order valence-electron chi connectivity index (χ0n) is 14.5. The molecule has 0 fully saturated rings. The zero-order valence-corrected chi connectivity index (χ0v) is 16.1. The second kappa shape index (κ2) is 8.94. The summed E-state index contributed by atoms with van der Waals surface area (Å²) in [6.07, 6.45) is 2.61. The van der Waals surface area contributed by atoms with Gasteiger partial charge in [0.25, 0.3) is 5.91 Å². The zero-order chi connectivity index (χ0) is 18.4. The number of nitrogens with one attached hydrogen (secondary N) is 1. The Morgan fingerprint density at radius 1 is 1.23 bits per heavy atom. The van der Waals surface area contributed by atoms with Crippen molar-refractivity contribution in [2.24, 2.45) is 0 Å². The number of thiophene rings is 1. The molecule has 0 aliphatic heterocycles. The van der Waals surface area contributed by atoms with Crippen molar-refractivity contribution in [2.45, 2.75) is 19.4 Å². The fourth-order valence-electron chi connectivity index (χ4n) is 2.75. The Kier molecular flexibility index (Phi) is 6.39. The number of aromatic nitrogens is 1. The van der Waals surface area contributed by atoms with Gasteiger partial charge in [-0.3, -0.25) is 4.79 Å². The molecule has 0 aliphatic carbocycles. The van der Waals surface area contributed by atoms with Crippen LogP contribution in [0.2, 0.25) is 5.15 Å². The fraction of sp³-hybridized carbons (Fsp3) is 0.200. The highest BCUT2D eigenvalue weighted by molar-refractivity contribution is 7.10. The van der Waals surface area contributed by atoms with Gasteiger partial charge in [0.2, 0.25) is 0 Å². The molecule has 1 amide bonds. The highest BCUT2D eigenvalue weighted by Crippen LogP contribution is 2.23. The van der Waals surface area contributed by atoms with Crippen molar-refractivity contribution in [3.63, 3.8) is 0 Å². The smallest absolute Gasteiger partial charge is 0.279 e. The Morgan fingerprint density at radius 3 is 2.69 bits per heavy atom. The maximum absolute atomic E-state index is 12.3. The number of anilines is 1. The predicted molar refractivity (Wildman–Crippen MR) is 107 cm³/mol. The van der Waals surface area contributed by atoms with Gasteiger partial charge in [-0.2, -0.15) is 0 Å². The SMILES string of the molecule is CCc1ccc([C@H]([NH2+]CC(=O)Nc2cccnc2Cl)c2cccs2)cc1. The molecule has 4 nitrogen and oxygen atoms in total. The lowest BCUT2D eigenvalue weighted by Gasteiger charge is -2.15. The van der Waals surface area contributed by atoms with Crippen molar-refractivity contribution in [1.82, 2.24) is 4.98 Å². The number of pyridine rings is 1. The minimum absolute atomic E-state index is 0.0935. The third kappa shape index (κ3) is 4.69. The topological polar surface area (TPSA) is 58.6 Å². The number of benzene rings is 1. The fourth-order valence-corrected chi connectivity index (χ4v) is 3.77. The number of carbonyl (C=O) groups excluding carboxylic acids is 1. The van der Waals surface area contributed by atoms with E-state index < -0.39 is 0 Å². The second-order valence-electron chi connectivity index (χ2n) is 5.92. The number of hydrogen-bond acceptors (Lipinski definition) is 3. The Bertz CT molecular complexity index is 850. The van der Waals surface area contributed by atoms with Crippen molar-refractivity contribution < 1.29 is 10.1 Å². The molecule has 0 radical (unpaired) electrons. The van der Waals surface area contributed by atoms with Crippen LogP contribution in [0.5, 0.6) is 0 Å². The van der Waals surface area contributed by atoms with Gasteiger partial charge in [-0.15, -0.1) is 11.3 Å². The molecular formula is C20H21ClN3OS+. The first-order valence-electron chi connectivity index (χ1n) is 8.53. The molecule has 3 aromatic rings. The first-order chi connectivity index (χ1) is 12.7. The molecule has 1 aromatic carbocycles. The highest BCUT2D eigenvalue weighted by Gasteiger charge is 2.20. The van der Waals surface area contributed by atoms with Gasteiger partial charge in [-0.25, -0.2) is 4.98 Å². The van der Waals surface area contributed by atoms with Crippen molar-refractivity contribution in [2.75, 3.05) is 11.9 Å². The van der Waals surface area contributed by atoms with Crippen LogP contribution in [-0.2, 0) is 11.2 Å². The lowest BCUT2D eigenvalue weighted by molar-refractivity contribution is -0.675. The third-order valence-electron chi connectivity index (χ3n) is 4.17. The third-order valence-corrected chi connectivity index (χ3v) is 5.43. The number of halogens is 1. The van der Waals surface area contributed by atoms with E-state index in [0.29, 0.717) is 17.4 Å². The van der Waals surface area contributed by atoms with E-state index in [9.17, 15) is 4.79 Å². The molecule has 0 saturated heterocycles. The molecule has 2 heterocycles. The van der Waals surface area contributed by atoms with Gasteiger partial charge in [0, 0.05) is 11.8 Å². The minimum Gasteiger partial charge on any atom is -0.328 e. The summed E-state index contributed by atoms with van der Waals surface area (Å²) < 4.78 is 0. The molecule has 0 aliphatic rings. The first-order valence-corrected chi connectivity index (χ1v) is 9.79. The number of rotatable bonds is 7. The van der Waals surface area contributed by atoms with Gasteiger partial charge < -0.3 is 10.6 Å². The lowest BCUT2D eigenvalue weighted by atomic mass is 10.0. The van der Waals surface area contributed by atoms with Crippen LogP contribution in [-0.4, -0.2) is 17.4 Å². The summed E-state index contributed by atoms with van der Waals surface area (Å²) >= 11 is 7.70. The molecular weight excluding hydrogens is 366 g/mol. The Morgan fingerprint density at radius 2 is 2.04 bits per heavy atom. The summed E-state index contributed by atoms with van der Waals surface area (Å²) in [5, 5.41) is 7.23. The summed E-state index contributed by atoms with van der Waals surface area (Å²) in [5.41, 5.74) is 3.03. The standard InChI is InChI=1S/C20H20ClN3OS/c1-2-14-7-9-15(10-8-14)19(17-6-4-12-26-17)23-13-18(25)24-16-5-3-11-22-20(16)21/h3-12,19,23H,2,13H2,1H3,(H,24,25)/p+1/t19-/m0/s1. The molecule has 0 bridgehead atoms. The lowest BCUT2D eigenvalue weighted by Crippen LogP contribution is -2.87. The van der Waals surface area contributed by atoms with Gasteiger partial charge in [-0.05, 0) is 35.6 Å². The van der Waals surface area contributed by atoms with Gasteiger partial charge in [-0.1, -0.05) is 48.9 Å². The molecule has 0 spiro atoms. The van der Waals surface area contributed by atoms with Crippen molar-refractivity contribution >= 4 is 34.5 Å². The summed E-state index contributed by atoms with van der Waals surface area (Å²) in [6, 6.07) is 16.3. The van der Waals surface area contributed by atoms with Crippen LogP contribution in [0, 0.1) is 0 Å². The Hall–Kier alpha value is -2.21. The Balaban J connectivity index is 1.70. The monoisotopic (exact) mass is 386 g/mol. The molecule has 6 heteroatoms. The number of aryl methyl sites for hydroxylation is 1. The van der Waals surface area contributed by atoms with E-state index >= 15 is 0 Å². The van der Waals surface area contributed by atoms with Crippen LogP contribution >= 0.6 is 22.9 Å². The molecule has 0 unspecified atom stereocenters. The van der Waals surface area contributed by atoms with E-state index in [4.69, 9.17) is 11.6 Å². The van der Waals surface area contributed by atoms with E-state index in [1.54, 1.807) is 29.7 Å². The quantitative estimate of drug-likeness (QED) is 0.609. The van der Waals surface area contributed by atoms with Crippen LogP contribution in [0.15, 0.2) is 60.1 Å². The molecule has 134 valence electrons. The predicted octanol–water partition coefficient (Wildman–Crippen LogP) is 3.65. The van der Waals surface area contributed by atoms with E-state index in [2.05, 4.69) is 52.9 Å². The van der Waals surface area contributed by atoms with Gasteiger partial charge in [0.1, 0.15) is 6.04 Å².